The van der Waals surface area contributed by atoms with E-state index in [1.807, 2.05) is 31.2 Å². The van der Waals surface area contributed by atoms with Crippen LogP contribution in [-0.2, 0) is 16.6 Å². The first-order valence-corrected chi connectivity index (χ1v) is 10.7. The molecule has 0 atom stereocenters. The Morgan fingerprint density at radius 1 is 1.07 bits per heavy atom. The minimum absolute atomic E-state index is 0.0876. The van der Waals surface area contributed by atoms with Crippen LogP contribution in [0.5, 0.6) is 5.75 Å². The van der Waals surface area contributed by atoms with Crippen LogP contribution < -0.4 is 4.74 Å². The Balaban J connectivity index is 2.40. The van der Waals surface area contributed by atoms with Gasteiger partial charge in [-0.15, -0.1) is 0 Å². The molecule has 0 heterocycles. The van der Waals surface area contributed by atoms with Crippen molar-refractivity contribution in [2.75, 3.05) is 27.2 Å². The number of nitrogens with zero attached hydrogens (tertiary/aromatic N) is 2. The van der Waals surface area contributed by atoms with Crippen molar-refractivity contribution in [3.8, 4) is 5.75 Å². The molecule has 7 heteroatoms. The third-order valence-corrected chi connectivity index (χ3v) is 6.81. The highest BCUT2D eigenvalue weighted by molar-refractivity contribution is 7.89. The van der Waals surface area contributed by atoms with Crippen LogP contribution in [0.3, 0.4) is 0 Å². The van der Waals surface area contributed by atoms with Crippen molar-refractivity contribution in [3.05, 3.63) is 59.2 Å². The number of hydrogen-bond donors (Lipinski definition) is 0. The van der Waals surface area contributed by atoms with Gasteiger partial charge in [-0.3, -0.25) is 4.79 Å². The number of amides is 1. The maximum Gasteiger partial charge on any atom is 0.257 e. The van der Waals surface area contributed by atoms with Gasteiger partial charge < -0.3 is 9.64 Å². The van der Waals surface area contributed by atoms with E-state index in [2.05, 4.69) is 0 Å². The molecule has 28 heavy (non-hydrogen) atoms. The van der Waals surface area contributed by atoms with Gasteiger partial charge in [0.25, 0.3) is 5.91 Å². The first-order valence-electron chi connectivity index (χ1n) is 9.24. The topological polar surface area (TPSA) is 66.9 Å². The van der Waals surface area contributed by atoms with Gasteiger partial charge in [-0.25, -0.2) is 8.42 Å². The number of carbonyl (C=O) groups is 1. The van der Waals surface area contributed by atoms with Gasteiger partial charge in [0.2, 0.25) is 10.0 Å². The van der Waals surface area contributed by atoms with Crippen molar-refractivity contribution in [1.29, 1.82) is 0 Å². The van der Waals surface area contributed by atoms with Crippen molar-refractivity contribution in [2.45, 2.75) is 32.2 Å². The molecule has 2 rings (SSSR count). The lowest BCUT2D eigenvalue weighted by Gasteiger charge is -2.22. The molecule has 0 aromatic heterocycles. The van der Waals surface area contributed by atoms with Gasteiger partial charge in [0.15, 0.2) is 0 Å². The van der Waals surface area contributed by atoms with E-state index in [1.54, 1.807) is 25.8 Å². The average molecular weight is 405 g/mol. The summed E-state index contributed by atoms with van der Waals surface area (Å²) in [7, 11) is -0.508. The fraction of sp³-hybridized carbons (Fsp3) is 0.381. The van der Waals surface area contributed by atoms with Crippen molar-refractivity contribution >= 4 is 15.9 Å². The summed E-state index contributed by atoms with van der Waals surface area (Å²) in [6.45, 7) is 6.70. The van der Waals surface area contributed by atoms with E-state index in [4.69, 9.17) is 4.74 Å². The normalized spacial score (nSPS) is 11.5. The van der Waals surface area contributed by atoms with Gasteiger partial charge >= 0.3 is 0 Å². The van der Waals surface area contributed by atoms with Crippen LogP contribution in [0.15, 0.2) is 47.4 Å². The molecule has 2 aromatic carbocycles. The zero-order chi connectivity index (χ0) is 20.9. The standard InChI is InChI=1S/C21H28N2O4S/c1-6-23(7-2)28(25,26)18-12-13-20(27-5)19(14-18)21(24)22(4)15-17-11-9-8-10-16(17)3/h8-14H,6-7,15H2,1-5H3. The molecule has 0 unspecified atom stereocenters. The second kappa shape index (κ2) is 9.21. The van der Waals surface area contributed by atoms with Crippen LogP contribution in [0.1, 0.15) is 35.3 Å². The fourth-order valence-electron chi connectivity index (χ4n) is 3.05. The first kappa shape index (κ1) is 21.9. The van der Waals surface area contributed by atoms with Crippen LogP contribution in [-0.4, -0.2) is 50.8 Å². The molecule has 0 aliphatic carbocycles. The van der Waals surface area contributed by atoms with E-state index in [0.717, 1.165) is 11.1 Å². The van der Waals surface area contributed by atoms with Crippen molar-refractivity contribution in [2.24, 2.45) is 0 Å². The number of carbonyl (C=O) groups excluding carboxylic acids is 1. The largest absolute Gasteiger partial charge is 0.496 e. The van der Waals surface area contributed by atoms with E-state index >= 15 is 0 Å². The highest BCUT2D eigenvalue weighted by Gasteiger charge is 2.25. The van der Waals surface area contributed by atoms with Crippen LogP contribution in [0.25, 0.3) is 0 Å². The zero-order valence-electron chi connectivity index (χ0n) is 17.1. The first-order chi connectivity index (χ1) is 13.3. The minimum atomic E-state index is -3.67. The van der Waals surface area contributed by atoms with Crippen molar-refractivity contribution < 1.29 is 17.9 Å². The molecule has 0 radical (unpaired) electrons. The SMILES string of the molecule is CCN(CC)S(=O)(=O)c1ccc(OC)c(C(=O)N(C)Cc2ccccc2C)c1. The molecule has 0 saturated heterocycles. The van der Waals surface area contributed by atoms with Crippen molar-refractivity contribution in [1.82, 2.24) is 9.21 Å². The lowest BCUT2D eigenvalue weighted by molar-refractivity contribution is 0.0781. The summed E-state index contributed by atoms with van der Waals surface area (Å²) in [6, 6.07) is 12.3. The molecule has 0 aliphatic heterocycles. The summed E-state index contributed by atoms with van der Waals surface area (Å²) in [5.41, 5.74) is 2.35. The Kier molecular flexibility index (Phi) is 7.21. The van der Waals surface area contributed by atoms with E-state index in [9.17, 15) is 13.2 Å². The summed E-state index contributed by atoms with van der Waals surface area (Å²) < 4.78 is 32.3. The Morgan fingerprint density at radius 2 is 1.71 bits per heavy atom. The Morgan fingerprint density at radius 3 is 2.29 bits per heavy atom. The lowest BCUT2D eigenvalue weighted by Crippen LogP contribution is -2.31. The van der Waals surface area contributed by atoms with Gasteiger partial charge in [-0.1, -0.05) is 38.1 Å². The quantitative estimate of drug-likeness (QED) is 0.677. The molecule has 0 saturated carbocycles. The van der Waals surface area contributed by atoms with Crippen molar-refractivity contribution in [3.63, 3.8) is 0 Å². The van der Waals surface area contributed by atoms with Crippen LogP contribution in [0.4, 0.5) is 0 Å². The Bertz CT molecular complexity index is 937. The lowest BCUT2D eigenvalue weighted by atomic mass is 10.1. The summed E-state index contributed by atoms with van der Waals surface area (Å²) in [4.78, 5) is 14.7. The predicted octanol–water partition coefficient (Wildman–Crippen LogP) is 3.31. The molecule has 1 amide bonds. The Hall–Kier alpha value is -2.38. The van der Waals surface area contributed by atoms with Gasteiger partial charge in [0.05, 0.1) is 17.6 Å². The van der Waals surface area contributed by atoms with Crippen LogP contribution >= 0.6 is 0 Å². The van der Waals surface area contributed by atoms with Gasteiger partial charge in [-0.05, 0) is 36.2 Å². The van der Waals surface area contributed by atoms with Gasteiger partial charge in [0.1, 0.15) is 5.75 Å². The average Bonchev–Trinajstić information content (AvgIpc) is 2.69. The number of methoxy groups -OCH3 is 1. The highest BCUT2D eigenvalue weighted by Crippen LogP contribution is 2.26. The third-order valence-electron chi connectivity index (χ3n) is 4.76. The summed E-state index contributed by atoms with van der Waals surface area (Å²) in [5, 5.41) is 0. The molecule has 0 bridgehead atoms. The van der Waals surface area contributed by atoms with Gasteiger partial charge in [0, 0.05) is 26.7 Å². The Labute approximate surface area is 167 Å². The van der Waals surface area contributed by atoms with E-state index in [0.29, 0.717) is 25.4 Å². The summed E-state index contributed by atoms with van der Waals surface area (Å²) in [5.74, 6) is 0.0526. The molecule has 0 N–H and O–H groups in total. The van der Waals surface area contributed by atoms with Gasteiger partial charge in [-0.2, -0.15) is 4.31 Å². The third kappa shape index (κ3) is 4.54. The second-order valence-corrected chi connectivity index (χ2v) is 8.48. The van der Waals surface area contributed by atoms with Crippen LogP contribution in [0.2, 0.25) is 0 Å². The van der Waals surface area contributed by atoms with E-state index in [-0.39, 0.29) is 16.4 Å². The zero-order valence-corrected chi connectivity index (χ0v) is 17.9. The predicted molar refractivity (Wildman–Crippen MR) is 110 cm³/mol. The molecular weight excluding hydrogens is 376 g/mol. The number of rotatable bonds is 8. The molecule has 152 valence electrons. The molecule has 0 spiro atoms. The molecule has 2 aromatic rings. The monoisotopic (exact) mass is 404 g/mol. The van der Waals surface area contributed by atoms with E-state index in [1.165, 1.54) is 29.6 Å². The number of ether oxygens (including phenoxy) is 1. The summed E-state index contributed by atoms with van der Waals surface area (Å²) >= 11 is 0. The van der Waals surface area contributed by atoms with E-state index < -0.39 is 10.0 Å². The summed E-state index contributed by atoms with van der Waals surface area (Å²) in [6.07, 6.45) is 0. The van der Waals surface area contributed by atoms with Crippen LogP contribution in [0, 0.1) is 6.92 Å². The smallest absolute Gasteiger partial charge is 0.257 e. The highest BCUT2D eigenvalue weighted by atomic mass is 32.2. The molecular formula is C21H28N2O4S. The molecule has 6 nitrogen and oxygen atoms in total. The second-order valence-electron chi connectivity index (χ2n) is 6.54. The number of hydrogen-bond acceptors (Lipinski definition) is 4. The maximum atomic E-state index is 13.1. The number of benzene rings is 2. The molecule has 0 fully saturated rings. The fourth-order valence-corrected chi connectivity index (χ4v) is 4.53. The molecule has 0 aliphatic rings. The number of sulfonamides is 1. The number of aryl methyl sites for hydroxylation is 1. The maximum absolute atomic E-state index is 13.1. The minimum Gasteiger partial charge on any atom is -0.496 e.